The van der Waals surface area contributed by atoms with Crippen LogP contribution in [0.5, 0.6) is 0 Å². The van der Waals surface area contributed by atoms with Gasteiger partial charge >= 0.3 is 5.97 Å². The molecular formula is C13H17N3O3. The number of pyridine rings is 1. The Labute approximate surface area is 111 Å². The zero-order valence-electron chi connectivity index (χ0n) is 10.9. The molecule has 6 nitrogen and oxygen atoms in total. The van der Waals surface area contributed by atoms with Gasteiger partial charge in [0.05, 0.1) is 0 Å². The molecule has 0 spiro atoms. The normalized spacial score (nSPS) is 17.0. The summed E-state index contributed by atoms with van der Waals surface area (Å²) < 4.78 is 0. The zero-order chi connectivity index (χ0) is 13.8. The summed E-state index contributed by atoms with van der Waals surface area (Å²) in [5.41, 5.74) is 0.287. The molecule has 6 heteroatoms. The molecule has 0 bridgehead atoms. The number of amides is 1. The van der Waals surface area contributed by atoms with Crippen LogP contribution in [0, 0.1) is 0 Å². The number of hydrogen-bond donors (Lipinski definition) is 1. The van der Waals surface area contributed by atoms with E-state index < -0.39 is 5.97 Å². The van der Waals surface area contributed by atoms with E-state index in [9.17, 15) is 9.59 Å². The predicted molar refractivity (Wildman–Crippen MR) is 69.2 cm³/mol. The second-order valence-corrected chi connectivity index (χ2v) is 4.68. The van der Waals surface area contributed by atoms with Crippen LogP contribution < -0.4 is 0 Å². The summed E-state index contributed by atoms with van der Waals surface area (Å²) in [4.78, 5) is 30.8. The lowest BCUT2D eigenvalue weighted by Gasteiger charge is -2.20. The first kappa shape index (κ1) is 13.5. The van der Waals surface area contributed by atoms with Crippen LogP contribution in [-0.4, -0.2) is 65.0 Å². The number of carboxylic acid groups (broad SMARTS) is 1. The Morgan fingerprint density at radius 1 is 1.26 bits per heavy atom. The molecule has 1 aromatic heterocycles. The fourth-order valence-electron chi connectivity index (χ4n) is 2.11. The molecule has 2 rings (SSSR count). The lowest BCUT2D eigenvalue weighted by molar-refractivity contribution is 0.0690. The second-order valence-electron chi connectivity index (χ2n) is 4.68. The van der Waals surface area contributed by atoms with Crippen molar-refractivity contribution in [2.45, 2.75) is 6.42 Å². The fraction of sp³-hybridized carbons (Fsp3) is 0.462. The molecule has 1 fully saturated rings. The number of aromatic nitrogens is 1. The van der Waals surface area contributed by atoms with Gasteiger partial charge in [0.1, 0.15) is 5.69 Å². The van der Waals surface area contributed by atoms with Crippen molar-refractivity contribution in [3.8, 4) is 0 Å². The molecule has 1 amide bonds. The molecule has 102 valence electrons. The number of carbonyl (C=O) groups is 2. The summed E-state index contributed by atoms with van der Waals surface area (Å²) in [6.07, 6.45) is 2.29. The van der Waals surface area contributed by atoms with Gasteiger partial charge in [-0.05, 0) is 32.1 Å². The first-order valence-electron chi connectivity index (χ1n) is 6.25. The van der Waals surface area contributed by atoms with E-state index in [1.807, 2.05) is 7.05 Å². The lowest BCUT2D eigenvalue weighted by Crippen LogP contribution is -2.34. The summed E-state index contributed by atoms with van der Waals surface area (Å²) in [5, 5.41) is 8.89. The Morgan fingerprint density at radius 2 is 2.05 bits per heavy atom. The molecule has 0 unspecified atom stereocenters. The van der Waals surface area contributed by atoms with Crippen molar-refractivity contribution in [1.29, 1.82) is 0 Å². The summed E-state index contributed by atoms with van der Waals surface area (Å²) in [7, 11) is 2.03. The fourth-order valence-corrected chi connectivity index (χ4v) is 2.11. The number of likely N-dealkylation sites (N-methyl/N-ethyl adjacent to an activating group) is 1. The minimum Gasteiger partial charge on any atom is -0.477 e. The third-order valence-electron chi connectivity index (χ3n) is 3.23. The SMILES string of the molecule is CN1CCCN(C(=O)c2ccnc(C(=O)O)c2)CC1. The van der Waals surface area contributed by atoms with E-state index in [1.54, 1.807) is 11.0 Å². The number of aromatic carboxylic acids is 1. The topological polar surface area (TPSA) is 73.7 Å². The van der Waals surface area contributed by atoms with Gasteiger partial charge in [-0.3, -0.25) is 4.79 Å². The van der Waals surface area contributed by atoms with Crippen molar-refractivity contribution in [2.75, 3.05) is 33.2 Å². The number of hydrogen-bond acceptors (Lipinski definition) is 4. The van der Waals surface area contributed by atoms with Crippen LogP contribution in [0.25, 0.3) is 0 Å². The molecule has 0 aromatic carbocycles. The van der Waals surface area contributed by atoms with Crippen molar-refractivity contribution in [3.63, 3.8) is 0 Å². The van der Waals surface area contributed by atoms with E-state index in [2.05, 4.69) is 9.88 Å². The van der Waals surface area contributed by atoms with E-state index >= 15 is 0 Å². The molecule has 1 aromatic rings. The highest BCUT2D eigenvalue weighted by Gasteiger charge is 2.19. The summed E-state index contributed by atoms with van der Waals surface area (Å²) in [6, 6.07) is 2.89. The summed E-state index contributed by atoms with van der Waals surface area (Å²) in [6.45, 7) is 3.18. The van der Waals surface area contributed by atoms with Crippen molar-refractivity contribution >= 4 is 11.9 Å². The van der Waals surface area contributed by atoms with Gasteiger partial charge in [0.25, 0.3) is 5.91 Å². The summed E-state index contributed by atoms with van der Waals surface area (Å²) in [5.74, 6) is -1.24. The summed E-state index contributed by atoms with van der Waals surface area (Å²) >= 11 is 0. The highest BCUT2D eigenvalue weighted by atomic mass is 16.4. The highest BCUT2D eigenvalue weighted by Crippen LogP contribution is 2.09. The predicted octanol–water partition coefficient (Wildman–Crippen LogP) is 0.557. The average Bonchev–Trinajstić information content (AvgIpc) is 2.63. The third kappa shape index (κ3) is 3.29. The average molecular weight is 263 g/mol. The number of nitrogens with zero attached hydrogens (tertiary/aromatic N) is 3. The maximum Gasteiger partial charge on any atom is 0.354 e. The Kier molecular flexibility index (Phi) is 4.11. The van der Waals surface area contributed by atoms with Crippen molar-refractivity contribution in [2.24, 2.45) is 0 Å². The van der Waals surface area contributed by atoms with Crippen LogP contribution >= 0.6 is 0 Å². The quantitative estimate of drug-likeness (QED) is 0.844. The van der Waals surface area contributed by atoms with Crippen molar-refractivity contribution in [3.05, 3.63) is 29.6 Å². The minimum absolute atomic E-state index is 0.0993. The van der Waals surface area contributed by atoms with Crippen molar-refractivity contribution < 1.29 is 14.7 Å². The maximum absolute atomic E-state index is 12.3. The number of carbonyl (C=O) groups excluding carboxylic acids is 1. The Balaban J connectivity index is 2.14. The molecule has 19 heavy (non-hydrogen) atoms. The van der Waals surface area contributed by atoms with Gasteiger partial charge in [-0.15, -0.1) is 0 Å². The van der Waals surface area contributed by atoms with Gasteiger partial charge in [-0.1, -0.05) is 0 Å². The molecule has 1 aliphatic rings. The standard InChI is InChI=1S/C13H17N3O3/c1-15-5-2-6-16(8-7-15)12(17)10-3-4-14-11(9-10)13(18)19/h3-4,9H,2,5-8H2,1H3,(H,18,19). The molecule has 0 atom stereocenters. The van der Waals surface area contributed by atoms with Crippen LogP contribution in [0.2, 0.25) is 0 Å². The number of rotatable bonds is 2. The van der Waals surface area contributed by atoms with E-state index in [4.69, 9.17) is 5.11 Å². The largest absolute Gasteiger partial charge is 0.477 e. The van der Waals surface area contributed by atoms with Crippen LogP contribution in [0.1, 0.15) is 27.3 Å². The van der Waals surface area contributed by atoms with E-state index in [0.29, 0.717) is 18.7 Å². The Bertz CT molecular complexity index is 490. The molecule has 0 radical (unpaired) electrons. The van der Waals surface area contributed by atoms with Gasteiger partial charge in [0, 0.05) is 31.4 Å². The van der Waals surface area contributed by atoms with Crippen LogP contribution in [-0.2, 0) is 0 Å². The number of carboxylic acids is 1. The molecule has 2 heterocycles. The zero-order valence-corrected chi connectivity index (χ0v) is 10.9. The first-order valence-corrected chi connectivity index (χ1v) is 6.25. The smallest absolute Gasteiger partial charge is 0.354 e. The third-order valence-corrected chi connectivity index (χ3v) is 3.23. The highest BCUT2D eigenvalue weighted by molar-refractivity contribution is 5.96. The lowest BCUT2D eigenvalue weighted by atomic mass is 10.2. The molecule has 0 aliphatic carbocycles. The van der Waals surface area contributed by atoms with Gasteiger partial charge in [0.2, 0.25) is 0 Å². The minimum atomic E-state index is -1.12. The maximum atomic E-state index is 12.3. The molecule has 1 saturated heterocycles. The first-order chi connectivity index (χ1) is 9.08. The second kappa shape index (κ2) is 5.79. The van der Waals surface area contributed by atoms with E-state index in [-0.39, 0.29) is 11.6 Å². The Hall–Kier alpha value is -1.95. The molecular weight excluding hydrogens is 246 g/mol. The van der Waals surface area contributed by atoms with Crippen LogP contribution in [0.3, 0.4) is 0 Å². The van der Waals surface area contributed by atoms with Crippen LogP contribution in [0.4, 0.5) is 0 Å². The van der Waals surface area contributed by atoms with E-state index in [0.717, 1.165) is 19.5 Å². The van der Waals surface area contributed by atoms with Gasteiger partial charge in [-0.2, -0.15) is 0 Å². The van der Waals surface area contributed by atoms with Gasteiger partial charge in [-0.25, -0.2) is 9.78 Å². The molecule has 1 aliphatic heterocycles. The molecule has 1 N–H and O–H groups in total. The monoisotopic (exact) mass is 263 g/mol. The van der Waals surface area contributed by atoms with Crippen LogP contribution in [0.15, 0.2) is 18.3 Å². The Morgan fingerprint density at radius 3 is 2.79 bits per heavy atom. The van der Waals surface area contributed by atoms with Gasteiger partial charge in [0.15, 0.2) is 0 Å². The molecule has 0 saturated carbocycles. The van der Waals surface area contributed by atoms with E-state index in [1.165, 1.54) is 12.3 Å². The van der Waals surface area contributed by atoms with Crippen molar-refractivity contribution in [1.82, 2.24) is 14.8 Å². The van der Waals surface area contributed by atoms with Gasteiger partial charge < -0.3 is 14.9 Å².